The van der Waals surface area contributed by atoms with Crippen LogP contribution >= 0.6 is 0 Å². The molecule has 0 saturated carbocycles. The van der Waals surface area contributed by atoms with Gasteiger partial charge in [0.15, 0.2) is 0 Å². The second-order valence-corrected chi connectivity index (χ2v) is 7.23. The number of nitrogens with zero attached hydrogens (tertiary/aromatic N) is 5. The molecule has 4 aromatic rings. The SMILES string of the molecule is COc1cccc(-c2cc(C(=O)N3CC(c4cn(-c5ccccc5)nn4)C3)[nH]n2)c1. The summed E-state index contributed by atoms with van der Waals surface area (Å²) in [4.78, 5) is 14.6. The predicted octanol–water partition coefficient (Wildman–Crippen LogP) is 2.91. The first-order valence-electron chi connectivity index (χ1n) is 9.68. The zero-order chi connectivity index (χ0) is 20.5. The Hall–Kier alpha value is -3.94. The van der Waals surface area contributed by atoms with Gasteiger partial charge in [-0.05, 0) is 30.3 Å². The molecule has 0 atom stereocenters. The molecule has 2 aromatic heterocycles. The van der Waals surface area contributed by atoms with Crippen LogP contribution in [0.25, 0.3) is 16.9 Å². The number of aromatic nitrogens is 5. The van der Waals surface area contributed by atoms with E-state index in [9.17, 15) is 4.79 Å². The quantitative estimate of drug-likeness (QED) is 0.556. The fourth-order valence-electron chi connectivity index (χ4n) is 3.53. The lowest BCUT2D eigenvalue weighted by molar-refractivity contribution is 0.0592. The van der Waals surface area contributed by atoms with Crippen LogP contribution in [0.2, 0.25) is 0 Å². The van der Waals surface area contributed by atoms with Gasteiger partial charge >= 0.3 is 0 Å². The maximum atomic E-state index is 12.8. The van der Waals surface area contributed by atoms with Gasteiger partial charge in [-0.25, -0.2) is 4.68 Å². The summed E-state index contributed by atoms with van der Waals surface area (Å²) in [5.74, 6) is 0.869. The zero-order valence-corrected chi connectivity index (χ0v) is 16.4. The second kappa shape index (κ2) is 7.47. The Labute approximate surface area is 173 Å². The van der Waals surface area contributed by atoms with E-state index in [4.69, 9.17) is 4.74 Å². The first-order valence-corrected chi connectivity index (χ1v) is 9.68. The third-order valence-electron chi connectivity index (χ3n) is 5.29. The fourth-order valence-corrected chi connectivity index (χ4v) is 3.53. The number of likely N-dealkylation sites (tertiary alicyclic amines) is 1. The monoisotopic (exact) mass is 400 g/mol. The number of para-hydroxylation sites is 1. The highest BCUT2D eigenvalue weighted by molar-refractivity contribution is 5.94. The van der Waals surface area contributed by atoms with Gasteiger partial charge in [0.2, 0.25) is 0 Å². The van der Waals surface area contributed by atoms with Crippen LogP contribution in [0, 0.1) is 0 Å². The number of carbonyl (C=O) groups excluding carboxylic acids is 1. The summed E-state index contributed by atoms with van der Waals surface area (Å²) in [7, 11) is 1.62. The van der Waals surface area contributed by atoms with Gasteiger partial charge in [-0.3, -0.25) is 9.89 Å². The Kier molecular flexibility index (Phi) is 4.51. The van der Waals surface area contributed by atoms with E-state index >= 15 is 0 Å². The summed E-state index contributed by atoms with van der Waals surface area (Å²) in [5, 5.41) is 15.6. The van der Waals surface area contributed by atoms with E-state index in [-0.39, 0.29) is 11.8 Å². The maximum absolute atomic E-state index is 12.8. The second-order valence-electron chi connectivity index (χ2n) is 7.23. The van der Waals surface area contributed by atoms with Crippen molar-refractivity contribution < 1.29 is 9.53 Å². The minimum absolute atomic E-state index is 0.0663. The van der Waals surface area contributed by atoms with Crippen molar-refractivity contribution in [1.82, 2.24) is 30.1 Å². The highest BCUT2D eigenvalue weighted by atomic mass is 16.5. The van der Waals surface area contributed by atoms with Crippen LogP contribution in [0.5, 0.6) is 5.75 Å². The molecule has 3 heterocycles. The molecule has 1 fully saturated rings. The molecule has 8 heteroatoms. The Balaban J connectivity index is 1.24. The van der Waals surface area contributed by atoms with Crippen LogP contribution in [0.3, 0.4) is 0 Å². The highest BCUT2D eigenvalue weighted by Gasteiger charge is 2.34. The molecule has 0 spiro atoms. The molecule has 8 nitrogen and oxygen atoms in total. The minimum atomic E-state index is -0.0663. The molecule has 1 N–H and O–H groups in total. The van der Waals surface area contributed by atoms with Crippen LogP contribution in [-0.2, 0) is 0 Å². The lowest BCUT2D eigenvalue weighted by atomic mass is 9.96. The van der Waals surface area contributed by atoms with Gasteiger partial charge in [-0.1, -0.05) is 35.5 Å². The Morgan fingerprint density at radius 1 is 1.10 bits per heavy atom. The highest BCUT2D eigenvalue weighted by Crippen LogP contribution is 2.28. The van der Waals surface area contributed by atoms with Gasteiger partial charge in [0.1, 0.15) is 11.4 Å². The molecule has 1 aliphatic rings. The lowest BCUT2D eigenvalue weighted by Crippen LogP contribution is -2.48. The van der Waals surface area contributed by atoms with Gasteiger partial charge in [-0.2, -0.15) is 5.10 Å². The molecular formula is C22H20N6O2. The van der Waals surface area contributed by atoms with Crippen molar-refractivity contribution in [2.24, 2.45) is 0 Å². The summed E-state index contributed by atoms with van der Waals surface area (Å²) in [6.45, 7) is 1.22. The topological polar surface area (TPSA) is 88.9 Å². The van der Waals surface area contributed by atoms with Crippen LogP contribution in [0.1, 0.15) is 22.1 Å². The van der Waals surface area contributed by atoms with E-state index in [2.05, 4.69) is 20.5 Å². The normalized spacial score (nSPS) is 13.8. The smallest absolute Gasteiger partial charge is 0.271 e. The lowest BCUT2D eigenvalue weighted by Gasteiger charge is -2.37. The van der Waals surface area contributed by atoms with Crippen molar-refractivity contribution >= 4 is 5.91 Å². The van der Waals surface area contributed by atoms with E-state index in [1.165, 1.54) is 0 Å². The third kappa shape index (κ3) is 3.32. The van der Waals surface area contributed by atoms with Crippen LogP contribution in [-0.4, -0.2) is 56.2 Å². The zero-order valence-electron chi connectivity index (χ0n) is 16.4. The molecule has 0 aliphatic carbocycles. The van der Waals surface area contributed by atoms with Crippen molar-refractivity contribution in [3.05, 3.63) is 78.2 Å². The largest absolute Gasteiger partial charge is 0.497 e. The predicted molar refractivity (Wildman–Crippen MR) is 111 cm³/mol. The number of methoxy groups -OCH3 is 1. The number of ether oxygens (including phenoxy) is 1. The molecule has 1 aliphatic heterocycles. The van der Waals surface area contributed by atoms with Crippen LogP contribution < -0.4 is 4.74 Å². The average Bonchev–Trinajstić information content (AvgIpc) is 3.44. The average molecular weight is 400 g/mol. The number of hydrogen-bond donors (Lipinski definition) is 1. The van der Waals surface area contributed by atoms with Gasteiger partial charge in [0, 0.05) is 24.6 Å². The Morgan fingerprint density at radius 2 is 1.93 bits per heavy atom. The molecule has 1 saturated heterocycles. The minimum Gasteiger partial charge on any atom is -0.497 e. The van der Waals surface area contributed by atoms with Gasteiger partial charge in [0.05, 0.1) is 30.4 Å². The Bertz CT molecular complexity index is 1180. The van der Waals surface area contributed by atoms with E-state index in [0.717, 1.165) is 22.7 Å². The first-order chi connectivity index (χ1) is 14.7. The summed E-state index contributed by atoms with van der Waals surface area (Å²) < 4.78 is 7.01. The summed E-state index contributed by atoms with van der Waals surface area (Å²) in [6.07, 6.45) is 1.93. The number of rotatable bonds is 5. The van der Waals surface area contributed by atoms with E-state index < -0.39 is 0 Å². The van der Waals surface area contributed by atoms with Crippen molar-refractivity contribution in [2.75, 3.05) is 20.2 Å². The van der Waals surface area contributed by atoms with E-state index in [1.54, 1.807) is 22.8 Å². The van der Waals surface area contributed by atoms with Crippen LogP contribution in [0.4, 0.5) is 0 Å². The first kappa shape index (κ1) is 18.1. The van der Waals surface area contributed by atoms with E-state index in [0.29, 0.717) is 24.5 Å². The van der Waals surface area contributed by atoms with Crippen molar-refractivity contribution in [2.45, 2.75) is 5.92 Å². The van der Waals surface area contributed by atoms with Gasteiger partial charge in [-0.15, -0.1) is 5.10 Å². The van der Waals surface area contributed by atoms with Gasteiger partial charge in [0.25, 0.3) is 5.91 Å². The molecule has 0 bridgehead atoms. The van der Waals surface area contributed by atoms with Gasteiger partial charge < -0.3 is 9.64 Å². The maximum Gasteiger partial charge on any atom is 0.271 e. The number of amides is 1. The molecule has 30 heavy (non-hydrogen) atoms. The molecule has 5 rings (SSSR count). The van der Waals surface area contributed by atoms with Crippen molar-refractivity contribution in [3.63, 3.8) is 0 Å². The molecule has 0 unspecified atom stereocenters. The molecular weight excluding hydrogens is 380 g/mol. The molecule has 150 valence electrons. The van der Waals surface area contributed by atoms with Crippen molar-refractivity contribution in [3.8, 4) is 22.7 Å². The summed E-state index contributed by atoms with van der Waals surface area (Å²) >= 11 is 0. The van der Waals surface area contributed by atoms with E-state index in [1.807, 2.05) is 60.8 Å². The molecule has 1 amide bonds. The van der Waals surface area contributed by atoms with Crippen LogP contribution in [0.15, 0.2) is 66.9 Å². The number of carbonyl (C=O) groups is 1. The number of benzene rings is 2. The molecule has 0 radical (unpaired) electrons. The summed E-state index contributed by atoms with van der Waals surface area (Å²) in [6, 6.07) is 19.2. The number of nitrogens with one attached hydrogen (secondary N) is 1. The molecule has 2 aromatic carbocycles. The summed E-state index contributed by atoms with van der Waals surface area (Å²) in [5.41, 5.74) is 3.93. The number of H-pyrrole nitrogens is 1. The standard InChI is InChI=1S/C22H20N6O2/c1-30-18-9-5-6-15(10-18)19-11-20(24-23-19)22(29)27-12-16(13-27)21-14-28(26-25-21)17-7-3-2-4-8-17/h2-11,14,16H,12-13H2,1H3,(H,23,24). The number of hydrogen-bond acceptors (Lipinski definition) is 5. The third-order valence-corrected chi connectivity index (χ3v) is 5.29. The Morgan fingerprint density at radius 3 is 2.73 bits per heavy atom. The van der Waals surface area contributed by atoms with Crippen molar-refractivity contribution in [1.29, 1.82) is 0 Å². The number of aromatic amines is 1. The fraction of sp³-hybridized carbons (Fsp3) is 0.182.